The smallest absolute Gasteiger partial charge is 0.0134 e. The topological polar surface area (TPSA) is 12.0 Å². The lowest BCUT2D eigenvalue weighted by atomic mass is 10.2. The van der Waals surface area contributed by atoms with Crippen LogP contribution in [0.2, 0.25) is 0 Å². The van der Waals surface area contributed by atoms with E-state index in [2.05, 4.69) is 31.0 Å². The zero-order valence-electron chi connectivity index (χ0n) is 8.18. The zero-order chi connectivity index (χ0) is 9.07. The summed E-state index contributed by atoms with van der Waals surface area (Å²) in [6.07, 6.45) is 11.2. The molecular weight excluding hydrogens is 146 g/mol. The van der Waals surface area contributed by atoms with Crippen molar-refractivity contribution in [2.75, 3.05) is 13.1 Å². The molecular formula is C11H21N. The standard InChI is InChI=1S/C11H21N/c1-3-5-6-7-8-9-11-12-10-4-2/h3,8-9,12H,1,4-7,10-11H2,2H3/b9-8+. The minimum atomic E-state index is 1.02. The molecule has 0 aliphatic carbocycles. The Bertz CT molecular complexity index is 116. The molecule has 1 nitrogen and oxygen atoms in total. The Labute approximate surface area is 76.6 Å². The molecule has 0 unspecified atom stereocenters. The van der Waals surface area contributed by atoms with Crippen molar-refractivity contribution in [2.24, 2.45) is 0 Å². The van der Waals surface area contributed by atoms with Gasteiger partial charge in [0.05, 0.1) is 0 Å². The highest BCUT2D eigenvalue weighted by atomic mass is 14.8. The van der Waals surface area contributed by atoms with Gasteiger partial charge in [0.2, 0.25) is 0 Å². The Kier molecular flexibility index (Phi) is 9.95. The van der Waals surface area contributed by atoms with Crippen LogP contribution in [0.1, 0.15) is 32.6 Å². The molecule has 0 fully saturated rings. The summed E-state index contributed by atoms with van der Waals surface area (Å²) < 4.78 is 0. The van der Waals surface area contributed by atoms with Crippen LogP contribution >= 0.6 is 0 Å². The van der Waals surface area contributed by atoms with Crippen LogP contribution in [-0.2, 0) is 0 Å². The van der Waals surface area contributed by atoms with Gasteiger partial charge in [0.25, 0.3) is 0 Å². The minimum Gasteiger partial charge on any atom is -0.313 e. The molecule has 0 amide bonds. The average molecular weight is 167 g/mol. The predicted octanol–water partition coefficient (Wildman–Crippen LogP) is 2.90. The summed E-state index contributed by atoms with van der Waals surface area (Å²) in [5.41, 5.74) is 0. The Morgan fingerprint density at radius 1 is 1.25 bits per heavy atom. The molecule has 1 heteroatoms. The molecule has 0 rings (SSSR count). The molecule has 12 heavy (non-hydrogen) atoms. The molecule has 0 aromatic carbocycles. The molecule has 0 aromatic heterocycles. The van der Waals surface area contributed by atoms with Crippen molar-refractivity contribution < 1.29 is 0 Å². The normalized spacial score (nSPS) is 10.8. The Hall–Kier alpha value is -0.560. The molecule has 0 heterocycles. The van der Waals surface area contributed by atoms with Gasteiger partial charge >= 0.3 is 0 Å². The second-order valence-corrected chi connectivity index (χ2v) is 2.90. The third-order valence-corrected chi connectivity index (χ3v) is 1.63. The molecule has 0 atom stereocenters. The summed E-state index contributed by atoms with van der Waals surface area (Å²) in [4.78, 5) is 0. The lowest BCUT2D eigenvalue weighted by molar-refractivity contribution is 0.727. The molecule has 0 radical (unpaired) electrons. The first-order valence-corrected chi connectivity index (χ1v) is 4.88. The second kappa shape index (κ2) is 10.4. The summed E-state index contributed by atoms with van der Waals surface area (Å²) in [7, 11) is 0. The first kappa shape index (κ1) is 11.4. The van der Waals surface area contributed by atoms with Gasteiger partial charge in [-0.1, -0.05) is 25.2 Å². The van der Waals surface area contributed by atoms with Crippen molar-refractivity contribution in [3.05, 3.63) is 24.8 Å². The van der Waals surface area contributed by atoms with E-state index in [1.807, 2.05) is 6.08 Å². The van der Waals surface area contributed by atoms with Crippen molar-refractivity contribution >= 4 is 0 Å². The van der Waals surface area contributed by atoms with Crippen molar-refractivity contribution in [1.82, 2.24) is 5.32 Å². The molecule has 0 bridgehead atoms. The number of allylic oxidation sites excluding steroid dienone is 2. The highest BCUT2D eigenvalue weighted by Crippen LogP contribution is 1.95. The Balaban J connectivity index is 2.98. The lowest BCUT2D eigenvalue weighted by Gasteiger charge is -1.95. The molecule has 0 saturated heterocycles. The van der Waals surface area contributed by atoms with E-state index in [1.165, 1.54) is 19.3 Å². The second-order valence-electron chi connectivity index (χ2n) is 2.90. The first-order chi connectivity index (χ1) is 5.91. The number of nitrogens with one attached hydrogen (secondary N) is 1. The van der Waals surface area contributed by atoms with Gasteiger partial charge in [-0.25, -0.2) is 0 Å². The number of unbranched alkanes of at least 4 members (excludes halogenated alkanes) is 2. The monoisotopic (exact) mass is 167 g/mol. The van der Waals surface area contributed by atoms with E-state index in [9.17, 15) is 0 Å². The van der Waals surface area contributed by atoms with Crippen molar-refractivity contribution in [2.45, 2.75) is 32.6 Å². The fraction of sp³-hybridized carbons (Fsp3) is 0.636. The third kappa shape index (κ3) is 9.44. The van der Waals surface area contributed by atoms with Gasteiger partial charge in [-0.05, 0) is 32.2 Å². The molecule has 0 aromatic rings. The van der Waals surface area contributed by atoms with Crippen LogP contribution in [0.5, 0.6) is 0 Å². The van der Waals surface area contributed by atoms with E-state index in [0.29, 0.717) is 0 Å². The van der Waals surface area contributed by atoms with E-state index in [-0.39, 0.29) is 0 Å². The van der Waals surface area contributed by atoms with Crippen LogP contribution < -0.4 is 5.32 Å². The molecule has 0 spiro atoms. The van der Waals surface area contributed by atoms with Gasteiger partial charge in [0.1, 0.15) is 0 Å². The van der Waals surface area contributed by atoms with Gasteiger partial charge in [-0.3, -0.25) is 0 Å². The van der Waals surface area contributed by atoms with Crippen LogP contribution in [0.25, 0.3) is 0 Å². The summed E-state index contributed by atoms with van der Waals surface area (Å²) in [6, 6.07) is 0. The zero-order valence-corrected chi connectivity index (χ0v) is 8.18. The van der Waals surface area contributed by atoms with Gasteiger partial charge in [-0.15, -0.1) is 6.58 Å². The molecule has 70 valence electrons. The fourth-order valence-electron chi connectivity index (χ4n) is 0.943. The number of rotatable bonds is 8. The molecule has 0 aliphatic heterocycles. The van der Waals surface area contributed by atoms with E-state index in [1.54, 1.807) is 0 Å². The first-order valence-electron chi connectivity index (χ1n) is 4.88. The summed E-state index contributed by atoms with van der Waals surface area (Å²) in [5.74, 6) is 0. The largest absolute Gasteiger partial charge is 0.313 e. The maximum absolute atomic E-state index is 3.68. The lowest BCUT2D eigenvalue weighted by Crippen LogP contribution is -2.13. The quantitative estimate of drug-likeness (QED) is 0.433. The summed E-state index contributed by atoms with van der Waals surface area (Å²) in [6.45, 7) is 8.00. The van der Waals surface area contributed by atoms with E-state index < -0.39 is 0 Å². The highest BCUT2D eigenvalue weighted by molar-refractivity contribution is 4.84. The van der Waals surface area contributed by atoms with Crippen LogP contribution in [-0.4, -0.2) is 13.1 Å². The summed E-state index contributed by atoms with van der Waals surface area (Å²) in [5, 5.41) is 3.32. The summed E-state index contributed by atoms with van der Waals surface area (Å²) >= 11 is 0. The maximum atomic E-state index is 3.68. The van der Waals surface area contributed by atoms with Crippen LogP contribution in [0.15, 0.2) is 24.8 Å². The minimum absolute atomic E-state index is 1.02. The van der Waals surface area contributed by atoms with E-state index in [4.69, 9.17) is 0 Å². The van der Waals surface area contributed by atoms with Gasteiger partial charge in [0.15, 0.2) is 0 Å². The highest BCUT2D eigenvalue weighted by Gasteiger charge is 1.80. The third-order valence-electron chi connectivity index (χ3n) is 1.63. The Morgan fingerprint density at radius 2 is 2.08 bits per heavy atom. The molecule has 1 N–H and O–H groups in total. The van der Waals surface area contributed by atoms with Crippen LogP contribution in [0.4, 0.5) is 0 Å². The predicted molar refractivity (Wildman–Crippen MR) is 56.3 cm³/mol. The van der Waals surface area contributed by atoms with Crippen molar-refractivity contribution in [3.8, 4) is 0 Å². The van der Waals surface area contributed by atoms with E-state index in [0.717, 1.165) is 19.5 Å². The van der Waals surface area contributed by atoms with Gasteiger partial charge < -0.3 is 5.32 Å². The molecule has 0 saturated carbocycles. The maximum Gasteiger partial charge on any atom is 0.0134 e. The van der Waals surface area contributed by atoms with Crippen LogP contribution in [0.3, 0.4) is 0 Å². The Morgan fingerprint density at radius 3 is 2.75 bits per heavy atom. The van der Waals surface area contributed by atoms with Crippen molar-refractivity contribution in [1.29, 1.82) is 0 Å². The van der Waals surface area contributed by atoms with Gasteiger partial charge in [-0.2, -0.15) is 0 Å². The fourth-order valence-corrected chi connectivity index (χ4v) is 0.943. The average Bonchev–Trinajstić information content (AvgIpc) is 2.10. The van der Waals surface area contributed by atoms with E-state index >= 15 is 0 Å². The van der Waals surface area contributed by atoms with Crippen molar-refractivity contribution in [3.63, 3.8) is 0 Å². The number of hydrogen-bond acceptors (Lipinski definition) is 1. The molecule has 0 aliphatic rings. The van der Waals surface area contributed by atoms with Crippen LogP contribution in [0, 0.1) is 0 Å². The van der Waals surface area contributed by atoms with Gasteiger partial charge in [0, 0.05) is 6.54 Å². The SMILES string of the molecule is C=CCCC/C=C/CNCCC. The number of hydrogen-bond donors (Lipinski definition) is 1.